The lowest BCUT2D eigenvalue weighted by atomic mass is 10.1. The highest BCUT2D eigenvalue weighted by Gasteiger charge is 2.17. The second-order valence-electron chi connectivity index (χ2n) is 4.45. The molecule has 0 heterocycles. The summed E-state index contributed by atoms with van der Waals surface area (Å²) in [6.07, 6.45) is -1.12. The number of para-hydroxylation sites is 2. The van der Waals surface area contributed by atoms with E-state index in [1.54, 1.807) is 6.07 Å². The van der Waals surface area contributed by atoms with Crippen LogP contribution in [-0.4, -0.2) is 23.7 Å². The Bertz CT molecular complexity index is 677. The standard InChI is InChI=1S/C15H14FNO5/c1-21-14-7-6-10(8-11(14)16)13(18)9-22-15-5-3-2-4-12(15)17(19)20/h2-8,13,18H,9H2,1H3. The van der Waals surface area contributed by atoms with Crippen molar-refractivity contribution in [2.75, 3.05) is 13.7 Å². The van der Waals surface area contributed by atoms with E-state index in [1.165, 1.54) is 37.4 Å². The molecule has 2 aromatic rings. The molecule has 0 aliphatic rings. The fourth-order valence-corrected chi connectivity index (χ4v) is 1.88. The summed E-state index contributed by atoms with van der Waals surface area (Å²) in [6, 6.07) is 9.84. The topological polar surface area (TPSA) is 81.8 Å². The zero-order chi connectivity index (χ0) is 16.1. The number of methoxy groups -OCH3 is 1. The number of halogens is 1. The van der Waals surface area contributed by atoms with Crippen LogP contribution in [0, 0.1) is 15.9 Å². The van der Waals surface area contributed by atoms with Crippen molar-refractivity contribution in [1.82, 2.24) is 0 Å². The fraction of sp³-hybridized carbons (Fsp3) is 0.200. The first-order valence-electron chi connectivity index (χ1n) is 6.40. The summed E-state index contributed by atoms with van der Waals surface area (Å²) in [7, 11) is 1.34. The molecule has 2 rings (SSSR count). The number of aliphatic hydroxyl groups is 1. The zero-order valence-electron chi connectivity index (χ0n) is 11.7. The molecular weight excluding hydrogens is 293 g/mol. The first-order chi connectivity index (χ1) is 10.5. The van der Waals surface area contributed by atoms with Crippen LogP contribution in [0.1, 0.15) is 11.7 Å². The molecule has 6 nitrogen and oxygen atoms in total. The van der Waals surface area contributed by atoms with Crippen LogP contribution in [0.2, 0.25) is 0 Å². The lowest BCUT2D eigenvalue weighted by Gasteiger charge is -2.13. The SMILES string of the molecule is COc1ccc(C(O)COc2ccccc2[N+](=O)[O-])cc1F. The van der Waals surface area contributed by atoms with Gasteiger partial charge in [-0.15, -0.1) is 0 Å². The molecule has 0 radical (unpaired) electrons. The van der Waals surface area contributed by atoms with Gasteiger partial charge in [-0.3, -0.25) is 10.1 Å². The smallest absolute Gasteiger partial charge is 0.310 e. The van der Waals surface area contributed by atoms with Crippen molar-refractivity contribution < 1.29 is 23.9 Å². The lowest BCUT2D eigenvalue weighted by Crippen LogP contribution is -2.11. The van der Waals surface area contributed by atoms with Gasteiger partial charge in [0.2, 0.25) is 0 Å². The molecule has 0 spiro atoms. The molecule has 22 heavy (non-hydrogen) atoms. The van der Waals surface area contributed by atoms with Crippen LogP contribution < -0.4 is 9.47 Å². The van der Waals surface area contributed by atoms with Gasteiger partial charge in [-0.2, -0.15) is 0 Å². The van der Waals surface area contributed by atoms with Crippen molar-refractivity contribution in [3.8, 4) is 11.5 Å². The zero-order valence-corrected chi connectivity index (χ0v) is 11.7. The minimum Gasteiger partial charge on any atom is -0.494 e. The monoisotopic (exact) mass is 307 g/mol. The highest BCUT2D eigenvalue weighted by Crippen LogP contribution is 2.28. The second kappa shape index (κ2) is 6.86. The Kier molecular flexibility index (Phi) is 4.90. The number of nitro groups is 1. The van der Waals surface area contributed by atoms with Crippen LogP contribution in [0.5, 0.6) is 11.5 Å². The Morgan fingerprint density at radius 3 is 2.64 bits per heavy atom. The third-order valence-corrected chi connectivity index (χ3v) is 3.02. The highest BCUT2D eigenvalue weighted by molar-refractivity contribution is 5.45. The first kappa shape index (κ1) is 15.7. The third kappa shape index (κ3) is 3.50. The number of ether oxygens (including phenoxy) is 2. The van der Waals surface area contributed by atoms with Crippen LogP contribution in [0.15, 0.2) is 42.5 Å². The van der Waals surface area contributed by atoms with E-state index in [-0.39, 0.29) is 29.4 Å². The maximum Gasteiger partial charge on any atom is 0.310 e. The Morgan fingerprint density at radius 2 is 2.00 bits per heavy atom. The molecule has 1 atom stereocenters. The van der Waals surface area contributed by atoms with Crippen LogP contribution in [0.25, 0.3) is 0 Å². The van der Waals surface area contributed by atoms with Crippen LogP contribution >= 0.6 is 0 Å². The van der Waals surface area contributed by atoms with Gasteiger partial charge in [0.05, 0.1) is 12.0 Å². The van der Waals surface area contributed by atoms with Crippen LogP contribution in [0.3, 0.4) is 0 Å². The number of benzene rings is 2. The molecule has 116 valence electrons. The molecule has 7 heteroatoms. The Balaban J connectivity index is 2.08. The van der Waals surface area contributed by atoms with E-state index < -0.39 is 16.8 Å². The predicted octanol–water partition coefficient (Wildman–Crippen LogP) is 2.85. The van der Waals surface area contributed by atoms with Gasteiger partial charge in [-0.05, 0) is 23.8 Å². The van der Waals surface area contributed by atoms with Gasteiger partial charge in [0, 0.05) is 6.07 Å². The van der Waals surface area contributed by atoms with Gasteiger partial charge in [-0.1, -0.05) is 18.2 Å². The highest BCUT2D eigenvalue weighted by atomic mass is 19.1. The molecule has 2 aromatic carbocycles. The second-order valence-corrected chi connectivity index (χ2v) is 4.45. The molecule has 0 saturated heterocycles. The van der Waals surface area contributed by atoms with E-state index in [2.05, 4.69) is 0 Å². The van der Waals surface area contributed by atoms with Crippen molar-refractivity contribution in [2.24, 2.45) is 0 Å². The molecule has 0 bridgehead atoms. The number of aliphatic hydroxyl groups excluding tert-OH is 1. The van der Waals surface area contributed by atoms with Gasteiger partial charge in [0.1, 0.15) is 12.7 Å². The number of nitro benzene ring substituents is 1. The van der Waals surface area contributed by atoms with Crippen molar-refractivity contribution in [3.63, 3.8) is 0 Å². The summed E-state index contributed by atoms with van der Waals surface area (Å²) in [6.45, 7) is -0.239. The van der Waals surface area contributed by atoms with E-state index in [1.807, 2.05) is 0 Å². The maximum atomic E-state index is 13.6. The van der Waals surface area contributed by atoms with Crippen molar-refractivity contribution in [1.29, 1.82) is 0 Å². The molecule has 0 fully saturated rings. The minimum absolute atomic E-state index is 0.0422. The molecule has 0 amide bonds. The number of hydrogen-bond donors (Lipinski definition) is 1. The summed E-state index contributed by atoms with van der Waals surface area (Å²) in [4.78, 5) is 10.3. The van der Waals surface area contributed by atoms with E-state index >= 15 is 0 Å². The normalized spacial score (nSPS) is 11.8. The average molecular weight is 307 g/mol. The van der Waals surface area contributed by atoms with Gasteiger partial charge in [0.15, 0.2) is 17.3 Å². The van der Waals surface area contributed by atoms with E-state index in [9.17, 15) is 19.6 Å². The fourth-order valence-electron chi connectivity index (χ4n) is 1.88. The molecule has 0 aliphatic heterocycles. The third-order valence-electron chi connectivity index (χ3n) is 3.02. The quantitative estimate of drug-likeness (QED) is 0.655. The summed E-state index contributed by atoms with van der Waals surface area (Å²) in [5.74, 6) is -0.499. The summed E-state index contributed by atoms with van der Waals surface area (Å²) in [5.41, 5.74) is 0.0903. The van der Waals surface area contributed by atoms with Gasteiger partial charge in [-0.25, -0.2) is 4.39 Å². The van der Waals surface area contributed by atoms with Gasteiger partial charge >= 0.3 is 5.69 Å². The number of rotatable bonds is 6. The summed E-state index contributed by atoms with van der Waals surface area (Å²) in [5, 5.41) is 20.8. The number of nitrogens with zero attached hydrogens (tertiary/aromatic N) is 1. The molecule has 0 aliphatic carbocycles. The maximum absolute atomic E-state index is 13.6. The largest absolute Gasteiger partial charge is 0.494 e. The van der Waals surface area contributed by atoms with Crippen molar-refractivity contribution in [3.05, 3.63) is 64.0 Å². The Hall–Kier alpha value is -2.67. The Morgan fingerprint density at radius 1 is 1.27 bits per heavy atom. The molecular formula is C15H14FNO5. The molecule has 1 unspecified atom stereocenters. The average Bonchev–Trinajstić information content (AvgIpc) is 2.52. The minimum atomic E-state index is -1.12. The van der Waals surface area contributed by atoms with Gasteiger partial charge in [0.25, 0.3) is 0 Å². The summed E-state index contributed by atoms with van der Waals surface area (Å²) >= 11 is 0. The van der Waals surface area contributed by atoms with Crippen LogP contribution in [-0.2, 0) is 0 Å². The molecule has 0 saturated carbocycles. The van der Waals surface area contributed by atoms with E-state index in [4.69, 9.17) is 9.47 Å². The van der Waals surface area contributed by atoms with Crippen LogP contribution in [0.4, 0.5) is 10.1 Å². The van der Waals surface area contributed by atoms with Gasteiger partial charge < -0.3 is 14.6 Å². The van der Waals surface area contributed by atoms with E-state index in [0.29, 0.717) is 0 Å². The lowest BCUT2D eigenvalue weighted by molar-refractivity contribution is -0.385. The Labute approximate surface area is 125 Å². The first-order valence-corrected chi connectivity index (χ1v) is 6.40. The van der Waals surface area contributed by atoms with Crippen molar-refractivity contribution in [2.45, 2.75) is 6.10 Å². The molecule has 0 aromatic heterocycles. The van der Waals surface area contributed by atoms with E-state index in [0.717, 1.165) is 6.07 Å². The predicted molar refractivity (Wildman–Crippen MR) is 76.5 cm³/mol. The van der Waals surface area contributed by atoms with Crippen molar-refractivity contribution >= 4 is 5.69 Å². The number of hydrogen-bond acceptors (Lipinski definition) is 5. The summed E-state index contributed by atoms with van der Waals surface area (Å²) < 4.78 is 23.6. The molecule has 1 N–H and O–H groups in total.